The summed E-state index contributed by atoms with van der Waals surface area (Å²) in [4.78, 5) is 39.7. The fourth-order valence-corrected chi connectivity index (χ4v) is 4.46. The van der Waals surface area contributed by atoms with Gasteiger partial charge >= 0.3 is 6.09 Å². The molecule has 2 saturated heterocycles. The van der Waals surface area contributed by atoms with Crippen LogP contribution < -0.4 is 4.90 Å². The molecule has 2 fully saturated rings. The van der Waals surface area contributed by atoms with Crippen LogP contribution in [0.1, 0.15) is 31.2 Å². The van der Waals surface area contributed by atoms with Gasteiger partial charge in [0.25, 0.3) is 0 Å². The van der Waals surface area contributed by atoms with Crippen LogP contribution in [0, 0.1) is 19.8 Å². The van der Waals surface area contributed by atoms with Crippen LogP contribution in [0.2, 0.25) is 0 Å². The van der Waals surface area contributed by atoms with E-state index >= 15 is 0 Å². The molecule has 32 heavy (non-hydrogen) atoms. The van der Waals surface area contributed by atoms with Crippen LogP contribution >= 0.6 is 0 Å². The van der Waals surface area contributed by atoms with Crippen LogP contribution in [0.25, 0.3) is 5.82 Å². The molecule has 0 saturated carbocycles. The number of carbonyl (C=O) groups is 2. The molecular weight excluding hydrogens is 410 g/mol. The smallest absolute Gasteiger partial charge is 0.409 e. The number of piperazine rings is 1. The Bertz CT molecular complexity index is 968. The number of aryl methyl sites for hydroxylation is 2. The Morgan fingerprint density at radius 2 is 1.75 bits per heavy atom. The number of aromatic nitrogens is 4. The highest BCUT2D eigenvalue weighted by Crippen LogP contribution is 2.25. The molecular formula is C22H31N7O3. The third-order valence-electron chi connectivity index (χ3n) is 6.08. The Balaban J connectivity index is 1.40. The van der Waals surface area contributed by atoms with E-state index in [-0.39, 0.29) is 17.9 Å². The summed E-state index contributed by atoms with van der Waals surface area (Å²) in [7, 11) is 0. The maximum Gasteiger partial charge on any atom is 0.409 e. The quantitative estimate of drug-likeness (QED) is 0.714. The summed E-state index contributed by atoms with van der Waals surface area (Å²) in [5.41, 5.74) is 1.95. The molecule has 2 aliphatic rings. The first-order chi connectivity index (χ1) is 15.5. The second-order valence-corrected chi connectivity index (χ2v) is 8.37. The van der Waals surface area contributed by atoms with Gasteiger partial charge in [-0.2, -0.15) is 5.10 Å². The molecule has 0 radical (unpaired) electrons. The number of nitrogens with zero attached hydrogens (tertiary/aromatic N) is 7. The van der Waals surface area contributed by atoms with Crippen molar-refractivity contribution in [1.29, 1.82) is 0 Å². The Kier molecular flexibility index (Phi) is 6.57. The lowest BCUT2D eigenvalue weighted by Gasteiger charge is -2.39. The lowest BCUT2D eigenvalue weighted by atomic mass is 9.96. The molecule has 4 rings (SSSR count). The van der Waals surface area contributed by atoms with Gasteiger partial charge in [-0.05, 0) is 39.7 Å². The van der Waals surface area contributed by atoms with Crippen LogP contribution in [0.3, 0.4) is 0 Å². The fraction of sp³-hybridized carbons (Fsp3) is 0.591. The zero-order valence-electron chi connectivity index (χ0n) is 19.0. The van der Waals surface area contributed by atoms with E-state index in [1.165, 1.54) is 0 Å². The van der Waals surface area contributed by atoms with E-state index in [1.807, 2.05) is 35.6 Å². The normalized spacial score (nSPS) is 19.2. The van der Waals surface area contributed by atoms with Gasteiger partial charge in [0.05, 0.1) is 18.2 Å². The van der Waals surface area contributed by atoms with Gasteiger partial charge in [-0.15, -0.1) is 0 Å². The summed E-state index contributed by atoms with van der Waals surface area (Å²) in [5.74, 6) is 1.62. The highest BCUT2D eigenvalue weighted by atomic mass is 16.6. The summed E-state index contributed by atoms with van der Waals surface area (Å²) in [6.45, 7) is 9.71. The maximum atomic E-state index is 13.2. The standard InChI is InChI=1S/C22H31N7O3/c1-4-32-22(31)27-10-8-26(9-11-27)21(30)18-6-5-7-28(14-18)19-13-20(24-15-23-19)29-17(3)12-16(2)25-29/h12-13,15,18H,4-11,14H2,1-3H3. The lowest BCUT2D eigenvalue weighted by molar-refractivity contribution is -0.137. The monoisotopic (exact) mass is 441 g/mol. The molecule has 0 spiro atoms. The molecule has 4 heterocycles. The molecule has 1 unspecified atom stereocenters. The molecule has 0 bridgehead atoms. The molecule has 172 valence electrons. The fourth-order valence-electron chi connectivity index (χ4n) is 4.46. The van der Waals surface area contributed by atoms with Gasteiger partial charge in [0.15, 0.2) is 5.82 Å². The van der Waals surface area contributed by atoms with E-state index < -0.39 is 0 Å². The second kappa shape index (κ2) is 9.54. The van der Waals surface area contributed by atoms with Crippen molar-refractivity contribution in [3.63, 3.8) is 0 Å². The largest absolute Gasteiger partial charge is 0.450 e. The van der Waals surface area contributed by atoms with Crippen LogP contribution in [0.5, 0.6) is 0 Å². The lowest BCUT2D eigenvalue weighted by Crippen LogP contribution is -2.53. The summed E-state index contributed by atoms with van der Waals surface area (Å²) in [6.07, 6.45) is 3.05. The highest BCUT2D eigenvalue weighted by Gasteiger charge is 2.32. The molecule has 0 aliphatic carbocycles. The molecule has 2 aromatic heterocycles. The van der Waals surface area contributed by atoms with E-state index in [0.717, 1.165) is 42.4 Å². The number of piperidine rings is 1. The zero-order valence-corrected chi connectivity index (χ0v) is 19.0. The Morgan fingerprint density at radius 1 is 1.03 bits per heavy atom. The summed E-state index contributed by atoms with van der Waals surface area (Å²) >= 11 is 0. The maximum absolute atomic E-state index is 13.2. The minimum atomic E-state index is -0.300. The number of rotatable bonds is 4. The molecule has 10 nitrogen and oxygen atoms in total. The van der Waals surface area contributed by atoms with Gasteiger partial charge < -0.3 is 19.4 Å². The van der Waals surface area contributed by atoms with Crippen molar-refractivity contribution in [3.05, 3.63) is 29.8 Å². The Morgan fingerprint density at radius 3 is 2.44 bits per heavy atom. The molecule has 2 aromatic rings. The van der Waals surface area contributed by atoms with Crippen molar-refractivity contribution >= 4 is 17.8 Å². The predicted molar refractivity (Wildman–Crippen MR) is 119 cm³/mol. The number of amides is 2. The highest BCUT2D eigenvalue weighted by molar-refractivity contribution is 5.80. The Labute approximate surface area is 188 Å². The third-order valence-corrected chi connectivity index (χ3v) is 6.08. The van der Waals surface area contributed by atoms with Crippen molar-refractivity contribution < 1.29 is 14.3 Å². The van der Waals surface area contributed by atoms with Gasteiger partial charge in [0.1, 0.15) is 12.1 Å². The minimum Gasteiger partial charge on any atom is -0.450 e. The topological polar surface area (TPSA) is 96.7 Å². The Hall–Kier alpha value is -3.17. The number of hydrogen-bond acceptors (Lipinski definition) is 7. The predicted octanol–water partition coefficient (Wildman–Crippen LogP) is 1.80. The molecule has 0 N–H and O–H groups in total. The van der Waals surface area contributed by atoms with Gasteiger partial charge in [0, 0.05) is 51.0 Å². The van der Waals surface area contributed by atoms with Gasteiger partial charge in [-0.25, -0.2) is 19.4 Å². The van der Waals surface area contributed by atoms with Gasteiger partial charge in [-0.3, -0.25) is 4.79 Å². The first-order valence-electron chi connectivity index (χ1n) is 11.3. The first kappa shape index (κ1) is 22.0. The molecule has 0 aromatic carbocycles. The van der Waals surface area contributed by atoms with Crippen LogP contribution in [0.4, 0.5) is 10.6 Å². The SMILES string of the molecule is CCOC(=O)N1CCN(C(=O)C2CCCN(c3cc(-n4nc(C)cc4C)ncn3)C2)CC1. The van der Waals surface area contributed by atoms with E-state index in [9.17, 15) is 9.59 Å². The molecule has 1 atom stereocenters. The average molecular weight is 442 g/mol. The minimum absolute atomic E-state index is 0.0787. The average Bonchev–Trinajstić information content (AvgIpc) is 3.17. The molecule has 2 amide bonds. The van der Waals surface area contributed by atoms with E-state index in [4.69, 9.17) is 4.74 Å². The van der Waals surface area contributed by atoms with Crippen LogP contribution in [-0.2, 0) is 9.53 Å². The second-order valence-electron chi connectivity index (χ2n) is 8.37. The van der Waals surface area contributed by atoms with E-state index in [2.05, 4.69) is 20.0 Å². The van der Waals surface area contributed by atoms with Crippen LogP contribution in [-0.4, -0.2) is 87.4 Å². The molecule has 2 aliphatic heterocycles. The number of hydrogen-bond donors (Lipinski definition) is 0. The van der Waals surface area contributed by atoms with E-state index in [1.54, 1.807) is 18.2 Å². The van der Waals surface area contributed by atoms with Crippen molar-refractivity contribution in [2.75, 3.05) is 50.8 Å². The summed E-state index contributed by atoms with van der Waals surface area (Å²) in [6, 6.07) is 3.95. The zero-order chi connectivity index (χ0) is 22.7. The van der Waals surface area contributed by atoms with Gasteiger partial charge in [-0.1, -0.05) is 0 Å². The van der Waals surface area contributed by atoms with Crippen molar-refractivity contribution in [1.82, 2.24) is 29.5 Å². The first-order valence-corrected chi connectivity index (χ1v) is 11.3. The van der Waals surface area contributed by atoms with Crippen molar-refractivity contribution in [3.8, 4) is 5.82 Å². The number of ether oxygens (including phenoxy) is 1. The number of anilines is 1. The van der Waals surface area contributed by atoms with E-state index in [0.29, 0.717) is 39.3 Å². The third kappa shape index (κ3) is 4.68. The summed E-state index contributed by atoms with van der Waals surface area (Å²) in [5, 5.41) is 4.51. The molecule has 10 heteroatoms. The van der Waals surface area contributed by atoms with Crippen LogP contribution in [0.15, 0.2) is 18.5 Å². The van der Waals surface area contributed by atoms with Crippen molar-refractivity contribution in [2.45, 2.75) is 33.6 Å². The summed E-state index contributed by atoms with van der Waals surface area (Å²) < 4.78 is 6.88. The van der Waals surface area contributed by atoms with Crippen molar-refractivity contribution in [2.24, 2.45) is 5.92 Å². The van der Waals surface area contributed by atoms with Gasteiger partial charge in [0.2, 0.25) is 5.91 Å². The number of carbonyl (C=O) groups excluding carboxylic acids is 2.